The van der Waals surface area contributed by atoms with Crippen molar-refractivity contribution in [3.8, 4) is 11.9 Å². The summed E-state index contributed by atoms with van der Waals surface area (Å²) < 4.78 is 53.7. The first-order chi connectivity index (χ1) is 20.0. The number of anilines is 2. The average molecular weight is 601 g/mol. The van der Waals surface area contributed by atoms with Crippen LogP contribution >= 0.6 is 11.6 Å². The summed E-state index contributed by atoms with van der Waals surface area (Å²) in [6.07, 6.45) is -2.84. The van der Waals surface area contributed by atoms with E-state index in [9.17, 15) is 28.3 Å². The number of nitriles is 1. The predicted molar refractivity (Wildman–Crippen MR) is 147 cm³/mol. The summed E-state index contributed by atoms with van der Waals surface area (Å²) in [5, 5.41) is 20.5. The SMILES string of the molecule is CC1(C#N)CCCN(c2cc(Cl)cnc2O[C@H]2C[C@@H](C(=O)O)N(c3nc(C(F)(F)F)nc4c3oc3ccccc34)C2)C1. The highest BCUT2D eigenvalue weighted by Crippen LogP contribution is 2.41. The van der Waals surface area contributed by atoms with Crippen molar-refractivity contribution in [1.82, 2.24) is 15.0 Å². The molecule has 2 aliphatic heterocycles. The maximum absolute atomic E-state index is 13.9. The molecule has 10 nitrogen and oxygen atoms in total. The Morgan fingerprint density at radius 2 is 2.10 bits per heavy atom. The van der Waals surface area contributed by atoms with E-state index in [-0.39, 0.29) is 35.8 Å². The van der Waals surface area contributed by atoms with Crippen LogP contribution in [-0.4, -0.2) is 57.8 Å². The maximum atomic E-state index is 13.9. The molecule has 1 N–H and O–H groups in total. The van der Waals surface area contributed by atoms with Gasteiger partial charge in [0.15, 0.2) is 11.4 Å². The topological polar surface area (TPSA) is 129 Å². The van der Waals surface area contributed by atoms with Crippen LogP contribution in [0.1, 0.15) is 32.0 Å². The molecule has 218 valence electrons. The summed E-state index contributed by atoms with van der Waals surface area (Å²) in [5.41, 5.74) is 0.142. The van der Waals surface area contributed by atoms with Gasteiger partial charge in [0.2, 0.25) is 11.7 Å². The highest BCUT2D eigenvalue weighted by Gasteiger charge is 2.44. The molecule has 5 heterocycles. The first-order valence-electron chi connectivity index (χ1n) is 13.2. The summed E-state index contributed by atoms with van der Waals surface area (Å²) in [5.74, 6) is -2.77. The number of piperidine rings is 1. The largest absolute Gasteiger partial charge is 0.480 e. The number of fused-ring (bicyclic) bond motifs is 3. The number of rotatable bonds is 5. The standard InChI is InChI=1S/C28H24ClF3N6O4/c1-27(13-33)7-4-8-37(14-27)18-9-15(29)11-34-24(18)41-16-10-19(25(39)40)38(12-16)23-22-21(35-26(36-23)28(30,31)32)17-5-2-3-6-20(17)42-22/h2-3,5-6,9,11,16,19H,4,7-8,10,12,14H2,1H3,(H,39,40)/t16-,19-,27?/m0/s1. The summed E-state index contributed by atoms with van der Waals surface area (Å²) in [4.78, 5) is 27.4. The van der Waals surface area contributed by atoms with Gasteiger partial charge in [0.05, 0.1) is 23.1 Å². The van der Waals surface area contributed by atoms with Gasteiger partial charge in [0.1, 0.15) is 28.9 Å². The van der Waals surface area contributed by atoms with Crippen LogP contribution in [0.3, 0.4) is 0 Å². The number of hydrogen-bond acceptors (Lipinski definition) is 9. The Bertz CT molecular complexity index is 1740. The van der Waals surface area contributed by atoms with Crippen molar-refractivity contribution in [2.45, 2.75) is 44.5 Å². The minimum atomic E-state index is -4.88. The molecule has 0 aliphatic carbocycles. The van der Waals surface area contributed by atoms with Gasteiger partial charge < -0.3 is 24.1 Å². The normalized spacial score (nSPS) is 23.0. The van der Waals surface area contributed by atoms with Crippen molar-refractivity contribution in [3.05, 3.63) is 47.4 Å². The molecule has 6 rings (SSSR count). The number of hydrogen-bond donors (Lipinski definition) is 1. The van der Waals surface area contributed by atoms with Crippen LogP contribution in [0.25, 0.3) is 22.1 Å². The summed E-state index contributed by atoms with van der Waals surface area (Å²) in [6, 6.07) is 9.24. The quantitative estimate of drug-likeness (QED) is 0.305. The fourth-order valence-electron chi connectivity index (χ4n) is 5.68. The van der Waals surface area contributed by atoms with Crippen molar-refractivity contribution in [2.24, 2.45) is 5.41 Å². The molecule has 0 bridgehead atoms. The molecule has 14 heteroatoms. The number of pyridine rings is 1. The molecule has 1 aromatic carbocycles. The van der Waals surface area contributed by atoms with Crippen molar-refractivity contribution in [3.63, 3.8) is 0 Å². The van der Waals surface area contributed by atoms with Gasteiger partial charge in [0, 0.05) is 31.1 Å². The molecule has 0 radical (unpaired) electrons. The summed E-state index contributed by atoms with van der Waals surface area (Å²) in [7, 11) is 0. The fourth-order valence-corrected chi connectivity index (χ4v) is 5.83. The van der Waals surface area contributed by atoms with Gasteiger partial charge in [-0.3, -0.25) is 0 Å². The lowest BCUT2D eigenvalue weighted by Crippen LogP contribution is -2.41. The average Bonchev–Trinajstić information content (AvgIpc) is 3.55. The maximum Gasteiger partial charge on any atom is 0.451 e. The molecule has 2 fully saturated rings. The fraction of sp³-hybridized carbons (Fsp3) is 0.393. The molecule has 0 saturated carbocycles. The number of alkyl halides is 3. The predicted octanol–water partition coefficient (Wildman–Crippen LogP) is 5.68. The van der Waals surface area contributed by atoms with E-state index in [1.54, 1.807) is 30.3 Å². The van der Waals surface area contributed by atoms with E-state index in [0.717, 1.165) is 12.8 Å². The first-order valence-corrected chi connectivity index (χ1v) is 13.6. The smallest absolute Gasteiger partial charge is 0.451 e. The first kappa shape index (κ1) is 27.8. The summed E-state index contributed by atoms with van der Waals surface area (Å²) in [6.45, 7) is 2.81. The van der Waals surface area contributed by atoms with Gasteiger partial charge in [-0.15, -0.1) is 0 Å². The van der Waals surface area contributed by atoms with Gasteiger partial charge in [-0.2, -0.15) is 18.4 Å². The number of benzene rings is 1. The zero-order chi connectivity index (χ0) is 29.8. The third-order valence-corrected chi connectivity index (χ3v) is 7.87. The number of ether oxygens (including phenoxy) is 1. The van der Waals surface area contributed by atoms with E-state index >= 15 is 0 Å². The third-order valence-electron chi connectivity index (χ3n) is 7.66. The number of carboxylic acids is 1. The highest BCUT2D eigenvalue weighted by atomic mass is 35.5. The second-order valence-corrected chi connectivity index (χ2v) is 11.2. The lowest BCUT2D eigenvalue weighted by Gasteiger charge is -2.38. The number of aliphatic carboxylic acids is 1. The number of carboxylic acid groups (broad SMARTS) is 1. The third kappa shape index (κ3) is 5.00. The Hall–Kier alpha value is -4.31. The Balaban J connectivity index is 1.38. The number of furan rings is 1. The lowest BCUT2D eigenvalue weighted by molar-refractivity contribution is -0.144. The molecule has 0 spiro atoms. The van der Waals surface area contributed by atoms with E-state index < -0.39 is 35.5 Å². The van der Waals surface area contributed by atoms with E-state index in [1.807, 2.05) is 11.8 Å². The monoisotopic (exact) mass is 600 g/mol. The zero-order valence-electron chi connectivity index (χ0n) is 22.2. The Labute approximate surface area is 242 Å². The van der Waals surface area contributed by atoms with Crippen LogP contribution in [0.5, 0.6) is 5.88 Å². The Morgan fingerprint density at radius 1 is 1.31 bits per heavy atom. The molecule has 2 aliphatic rings. The minimum absolute atomic E-state index is 0.0505. The van der Waals surface area contributed by atoms with Crippen LogP contribution < -0.4 is 14.5 Å². The van der Waals surface area contributed by atoms with E-state index in [2.05, 4.69) is 21.0 Å². The van der Waals surface area contributed by atoms with Gasteiger partial charge in [0.25, 0.3) is 0 Å². The number of para-hydroxylation sites is 1. The summed E-state index contributed by atoms with van der Waals surface area (Å²) >= 11 is 6.25. The number of carbonyl (C=O) groups is 1. The van der Waals surface area contributed by atoms with Gasteiger partial charge in [-0.1, -0.05) is 23.7 Å². The highest BCUT2D eigenvalue weighted by molar-refractivity contribution is 6.30. The second-order valence-electron chi connectivity index (χ2n) is 10.8. The molecule has 4 aromatic rings. The Morgan fingerprint density at radius 3 is 2.83 bits per heavy atom. The van der Waals surface area contributed by atoms with Crippen molar-refractivity contribution in [1.29, 1.82) is 5.26 Å². The van der Waals surface area contributed by atoms with Crippen LogP contribution in [0.2, 0.25) is 5.02 Å². The molecule has 1 unspecified atom stereocenters. The van der Waals surface area contributed by atoms with Crippen molar-refractivity contribution >= 4 is 51.1 Å². The van der Waals surface area contributed by atoms with Crippen LogP contribution in [0, 0.1) is 16.7 Å². The molecule has 3 aromatic heterocycles. The molecular formula is C28H24ClF3N6O4. The van der Waals surface area contributed by atoms with Crippen LogP contribution in [-0.2, 0) is 11.0 Å². The van der Waals surface area contributed by atoms with Gasteiger partial charge >= 0.3 is 12.1 Å². The Kier molecular flexibility index (Phi) is 6.76. The van der Waals surface area contributed by atoms with E-state index in [4.69, 9.17) is 20.8 Å². The number of halogens is 4. The molecule has 42 heavy (non-hydrogen) atoms. The molecule has 3 atom stereocenters. The lowest BCUT2D eigenvalue weighted by atomic mass is 9.83. The zero-order valence-corrected chi connectivity index (χ0v) is 23.0. The number of nitrogens with zero attached hydrogens (tertiary/aromatic N) is 6. The van der Waals surface area contributed by atoms with Crippen LogP contribution in [0.4, 0.5) is 24.7 Å². The molecule has 0 amide bonds. The van der Waals surface area contributed by atoms with Crippen molar-refractivity contribution in [2.75, 3.05) is 29.4 Å². The molecular weight excluding hydrogens is 577 g/mol. The minimum Gasteiger partial charge on any atom is -0.480 e. The number of aromatic nitrogens is 3. The molecule has 2 saturated heterocycles. The van der Waals surface area contributed by atoms with Crippen molar-refractivity contribution < 1.29 is 32.2 Å². The van der Waals surface area contributed by atoms with Gasteiger partial charge in [-0.05, 0) is 38.0 Å². The van der Waals surface area contributed by atoms with E-state index in [1.165, 1.54) is 11.1 Å². The van der Waals surface area contributed by atoms with E-state index in [0.29, 0.717) is 34.8 Å². The van der Waals surface area contributed by atoms with Gasteiger partial charge in [-0.25, -0.2) is 19.7 Å². The van der Waals surface area contributed by atoms with Crippen LogP contribution in [0.15, 0.2) is 40.9 Å². The second kappa shape index (κ2) is 10.2.